The summed E-state index contributed by atoms with van der Waals surface area (Å²) in [5.74, 6) is 5.52. The molecule has 2 aliphatic carbocycles. The van der Waals surface area contributed by atoms with Gasteiger partial charge in [0.25, 0.3) is 0 Å². The van der Waals surface area contributed by atoms with Crippen LogP contribution < -0.4 is 5.32 Å². The number of imidazole rings is 2. The predicted octanol–water partition coefficient (Wildman–Crippen LogP) is 6.96. The van der Waals surface area contributed by atoms with Crippen LogP contribution in [0, 0.1) is 17.8 Å². The van der Waals surface area contributed by atoms with Gasteiger partial charge in [-0.15, -0.1) is 0 Å². The molecule has 5 nitrogen and oxygen atoms in total. The highest BCUT2D eigenvalue weighted by molar-refractivity contribution is 5.91. The van der Waals surface area contributed by atoms with Gasteiger partial charge in [-0.1, -0.05) is 37.3 Å². The van der Waals surface area contributed by atoms with Gasteiger partial charge in [-0.25, -0.2) is 9.97 Å². The molecule has 3 heterocycles. The second-order valence-electron chi connectivity index (χ2n) is 11.5. The Kier molecular flexibility index (Phi) is 4.48. The first-order valence-electron chi connectivity index (χ1n) is 13.5. The fourth-order valence-electron chi connectivity index (χ4n) is 6.71. The van der Waals surface area contributed by atoms with Crippen LogP contribution in [-0.4, -0.2) is 26.5 Å². The Hall–Kier alpha value is -3.44. The smallest absolute Gasteiger partial charge is 0.123 e. The van der Waals surface area contributed by atoms with Crippen LogP contribution in [0.5, 0.6) is 0 Å². The van der Waals surface area contributed by atoms with Crippen molar-refractivity contribution in [2.24, 2.45) is 17.8 Å². The van der Waals surface area contributed by atoms with Crippen molar-refractivity contribution in [3.05, 3.63) is 72.4 Å². The zero-order valence-corrected chi connectivity index (χ0v) is 20.6. The Labute approximate surface area is 210 Å². The first-order valence-corrected chi connectivity index (χ1v) is 13.5. The molecule has 1 unspecified atom stereocenters. The largest absolute Gasteiger partial charge is 0.342 e. The molecular weight excluding hydrogens is 442 g/mol. The first kappa shape index (κ1) is 20.7. The van der Waals surface area contributed by atoms with E-state index in [0.717, 1.165) is 47.4 Å². The summed E-state index contributed by atoms with van der Waals surface area (Å²) < 4.78 is 0. The summed E-state index contributed by atoms with van der Waals surface area (Å²) in [5.41, 5.74) is 6.96. The van der Waals surface area contributed by atoms with E-state index in [1.165, 1.54) is 52.5 Å². The number of hydrogen-bond donors (Lipinski definition) is 3. The van der Waals surface area contributed by atoms with E-state index in [1.807, 2.05) is 6.20 Å². The van der Waals surface area contributed by atoms with E-state index in [9.17, 15) is 0 Å². The van der Waals surface area contributed by atoms with Gasteiger partial charge in [-0.05, 0) is 96.1 Å². The van der Waals surface area contributed by atoms with Crippen LogP contribution in [0.25, 0.3) is 44.2 Å². The zero-order valence-electron chi connectivity index (χ0n) is 20.6. The minimum absolute atomic E-state index is 0.337. The molecule has 3 aromatic carbocycles. The maximum atomic E-state index is 4.94. The molecule has 3 aliphatic rings. The van der Waals surface area contributed by atoms with Crippen LogP contribution in [0.4, 0.5) is 0 Å². The molecule has 5 heteroatoms. The Balaban J connectivity index is 1.07. The van der Waals surface area contributed by atoms with Crippen LogP contribution >= 0.6 is 0 Å². The number of hydrogen-bond acceptors (Lipinski definition) is 3. The molecule has 5 atom stereocenters. The van der Waals surface area contributed by atoms with Crippen molar-refractivity contribution in [2.45, 2.75) is 44.6 Å². The van der Waals surface area contributed by atoms with Gasteiger partial charge in [-0.3, -0.25) is 0 Å². The average molecular weight is 474 g/mol. The molecule has 0 spiro atoms. The molecule has 1 aliphatic heterocycles. The van der Waals surface area contributed by atoms with Crippen molar-refractivity contribution in [1.29, 1.82) is 0 Å². The highest BCUT2D eigenvalue weighted by Crippen LogP contribution is 2.57. The van der Waals surface area contributed by atoms with Gasteiger partial charge < -0.3 is 15.3 Å². The van der Waals surface area contributed by atoms with Crippen molar-refractivity contribution in [3.8, 4) is 22.4 Å². The molecule has 2 aromatic heterocycles. The summed E-state index contributed by atoms with van der Waals surface area (Å²) in [6.07, 6.45) is 7.20. The van der Waals surface area contributed by atoms with Gasteiger partial charge in [0.05, 0.1) is 29.0 Å². The molecule has 180 valence electrons. The molecule has 0 amide bonds. The minimum Gasteiger partial charge on any atom is -0.342 e. The lowest BCUT2D eigenvalue weighted by Crippen LogP contribution is -2.14. The standard InChI is InChI=1S/C31H31N5/c1-17-8-28(32-15-17)31-33-16-29(36-31)22-5-4-18-9-19(2-3-20(18)10-22)21-6-7-26-27(14-21)35-30(34-26)25-12-23-11-24(23)13-25/h2-7,9-10,14,16-17,23-25,28,32H,8,11-13,15H2,1H3,(H,33,36)(H,34,35)/t17-,23-,24+,25?,28+/m1/s1. The topological polar surface area (TPSA) is 69.4 Å². The second kappa shape index (κ2) is 7.78. The van der Waals surface area contributed by atoms with Crippen LogP contribution in [0.15, 0.2) is 60.8 Å². The van der Waals surface area contributed by atoms with Crippen LogP contribution in [0.2, 0.25) is 0 Å². The normalized spacial score (nSPS) is 27.2. The molecule has 36 heavy (non-hydrogen) atoms. The number of H-pyrrole nitrogens is 2. The summed E-state index contributed by atoms with van der Waals surface area (Å²) >= 11 is 0. The molecule has 2 saturated carbocycles. The third kappa shape index (κ3) is 3.48. The monoisotopic (exact) mass is 473 g/mol. The van der Waals surface area contributed by atoms with Crippen LogP contribution in [-0.2, 0) is 0 Å². The van der Waals surface area contributed by atoms with E-state index < -0.39 is 0 Å². The quantitative estimate of drug-likeness (QED) is 0.264. The zero-order chi connectivity index (χ0) is 23.8. The van der Waals surface area contributed by atoms with Crippen molar-refractivity contribution in [3.63, 3.8) is 0 Å². The van der Waals surface area contributed by atoms with E-state index in [-0.39, 0.29) is 0 Å². The summed E-state index contributed by atoms with van der Waals surface area (Å²) in [4.78, 5) is 16.8. The summed E-state index contributed by atoms with van der Waals surface area (Å²) in [6.45, 7) is 3.35. The highest BCUT2D eigenvalue weighted by atomic mass is 15.0. The molecule has 8 rings (SSSR count). The third-order valence-corrected chi connectivity index (χ3v) is 8.89. The Bertz CT molecular complexity index is 1600. The SMILES string of the molecule is C[C@H]1CN[C@H](c2ncc(-c3ccc4cc(-c5ccc6nc(C7C[C@@H]8C[C@@H]8C7)[nH]c6c5)ccc4c3)[nH]2)C1. The number of aromatic nitrogens is 4. The van der Waals surface area contributed by atoms with E-state index in [2.05, 4.69) is 81.8 Å². The van der Waals surface area contributed by atoms with Crippen molar-refractivity contribution >= 4 is 21.8 Å². The third-order valence-electron chi connectivity index (χ3n) is 8.89. The van der Waals surface area contributed by atoms with Crippen molar-refractivity contribution < 1.29 is 0 Å². The van der Waals surface area contributed by atoms with Gasteiger partial charge in [0, 0.05) is 11.5 Å². The number of benzene rings is 3. The summed E-state index contributed by atoms with van der Waals surface area (Å²) in [5, 5.41) is 6.06. The van der Waals surface area contributed by atoms with E-state index in [1.54, 1.807) is 0 Å². The molecule has 1 saturated heterocycles. The van der Waals surface area contributed by atoms with E-state index in [4.69, 9.17) is 4.98 Å². The second-order valence-corrected chi connectivity index (χ2v) is 11.5. The number of rotatable bonds is 4. The van der Waals surface area contributed by atoms with Gasteiger partial charge >= 0.3 is 0 Å². The maximum absolute atomic E-state index is 4.94. The predicted molar refractivity (Wildman–Crippen MR) is 145 cm³/mol. The summed E-state index contributed by atoms with van der Waals surface area (Å²) in [6, 6.07) is 20.4. The number of nitrogens with one attached hydrogen (secondary N) is 3. The van der Waals surface area contributed by atoms with Crippen LogP contribution in [0.1, 0.15) is 56.2 Å². The van der Waals surface area contributed by atoms with E-state index in [0.29, 0.717) is 17.9 Å². The first-order chi connectivity index (χ1) is 17.7. The number of aromatic amines is 2. The minimum atomic E-state index is 0.337. The molecule has 3 fully saturated rings. The molecule has 0 bridgehead atoms. The molecule has 5 aromatic rings. The summed E-state index contributed by atoms with van der Waals surface area (Å²) in [7, 11) is 0. The lowest BCUT2D eigenvalue weighted by atomic mass is 9.99. The molecule has 3 N–H and O–H groups in total. The van der Waals surface area contributed by atoms with Crippen LogP contribution in [0.3, 0.4) is 0 Å². The fourth-order valence-corrected chi connectivity index (χ4v) is 6.71. The maximum Gasteiger partial charge on any atom is 0.123 e. The van der Waals surface area contributed by atoms with Gasteiger partial charge in [-0.2, -0.15) is 0 Å². The van der Waals surface area contributed by atoms with Crippen molar-refractivity contribution in [1.82, 2.24) is 25.3 Å². The van der Waals surface area contributed by atoms with E-state index >= 15 is 0 Å². The Morgan fingerprint density at radius 2 is 1.50 bits per heavy atom. The van der Waals surface area contributed by atoms with Crippen molar-refractivity contribution in [2.75, 3.05) is 6.54 Å². The lowest BCUT2D eigenvalue weighted by Gasteiger charge is -2.07. The Morgan fingerprint density at radius 3 is 2.31 bits per heavy atom. The Morgan fingerprint density at radius 1 is 0.750 bits per heavy atom. The molecule has 0 radical (unpaired) electrons. The van der Waals surface area contributed by atoms with Gasteiger partial charge in [0.2, 0.25) is 0 Å². The number of fused-ring (bicyclic) bond motifs is 3. The lowest BCUT2D eigenvalue weighted by molar-refractivity contribution is 0.588. The highest BCUT2D eigenvalue weighted by Gasteiger charge is 2.47. The fraction of sp³-hybridized carbons (Fsp3) is 0.355. The van der Waals surface area contributed by atoms with Gasteiger partial charge in [0.15, 0.2) is 0 Å². The number of nitrogens with zero attached hydrogens (tertiary/aromatic N) is 2. The van der Waals surface area contributed by atoms with Gasteiger partial charge in [0.1, 0.15) is 11.6 Å². The molecular formula is C31H31N5. The average Bonchev–Trinajstić information content (AvgIpc) is 3.43.